The third-order valence-corrected chi connectivity index (χ3v) is 5.10. The molecule has 2 fully saturated rings. The fraction of sp³-hybridized carbons (Fsp3) is 0.611. The molecule has 1 heterocycles. The number of hydrogen-bond acceptors (Lipinski definition) is 2. The number of rotatable bonds is 5. The molecule has 20 heavy (non-hydrogen) atoms. The first kappa shape index (κ1) is 13.8. The smallest absolute Gasteiger partial charge is 0.182 e. The average molecular weight is 271 g/mol. The van der Waals surface area contributed by atoms with Crippen molar-refractivity contribution in [1.82, 2.24) is 5.32 Å². The average Bonchev–Trinajstić information content (AvgIpc) is 2.87. The Hall–Kier alpha value is -1.15. The van der Waals surface area contributed by atoms with Gasteiger partial charge in [-0.05, 0) is 50.1 Å². The summed E-state index contributed by atoms with van der Waals surface area (Å²) in [6, 6.07) is 8.44. The molecule has 0 spiro atoms. The summed E-state index contributed by atoms with van der Waals surface area (Å²) in [6.07, 6.45) is 8.10. The summed E-state index contributed by atoms with van der Waals surface area (Å²) in [5.74, 6) is 1.05. The van der Waals surface area contributed by atoms with Crippen LogP contribution in [0.2, 0.25) is 0 Å². The highest BCUT2D eigenvalue weighted by Gasteiger charge is 2.40. The minimum Gasteiger partial charge on any atom is -0.305 e. The molecule has 2 heteroatoms. The fourth-order valence-corrected chi connectivity index (χ4v) is 3.68. The van der Waals surface area contributed by atoms with Crippen molar-refractivity contribution in [2.24, 2.45) is 0 Å². The van der Waals surface area contributed by atoms with Gasteiger partial charge in [0.05, 0.1) is 5.54 Å². The summed E-state index contributed by atoms with van der Waals surface area (Å²) >= 11 is 0. The minimum absolute atomic E-state index is 0.285. The van der Waals surface area contributed by atoms with Crippen LogP contribution < -0.4 is 5.32 Å². The summed E-state index contributed by atoms with van der Waals surface area (Å²) in [5.41, 5.74) is 2.01. The van der Waals surface area contributed by atoms with Crippen molar-refractivity contribution in [2.75, 3.05) is 6.54 Å². The third-order valence-electron chi connectivity index (χ3n) is 5.10. The van der Waals surface area contributed by atoms with Crippen LogP contribution in [0.4, 0.5) is 0 Å². The van der Waals surface area contributed by atoms with Crippen molar-refractivity contribution >= 4 is 5.78 Å². The Labute approximate surface area is 122 Å². The lowest BCUT2D eigenvalue weighted by Gasteiger charge is -2.28. The summed E-state index contributed by atoms with van der Waals surface area (Å²) in [7, 11) is 0. The molecule has 1 aromatic carbocycles. The molecule has 1 aliphatic heterocycles. The van der Waals surface area contributed by atoms with Crippen molar-refractivity contribution in [1.29, 1.82) is 0 Å². The summed E-state index contributed by atoms with van der Waals surface area (Å²) < 4.78 is 0. The van der Waals surface area contributed by atoms with Gasteiger partial charge in [0, 0.05) is 5.56 Å². The highest BCUT2D eigenvalue weighted by Crippen LogP contribution is 2.36. The van der Waals surface area contributed by atoms with Crippen molar-refractivity contribution in [3.05, 3.63) is 35.4 Å². The van der Waals surface area contributed by atoms with Crippen LogP contribution in [-0.2, 0) is 0 Å². The first-order valence-corrected chi connectivity index (χ1v) is 8.15. The topological polar surface area (TPSA) is 29.1 Å². The van der Waals surface area contributed by atoms with E-state index in [2.05, 4.69) is 24.4 Å². The normalized spacial score (nSPS) is 26.4. The quantitative estimate of drug-likeness (QED) is 0.818. The van der Waals surface area contributed by atoms with Gasteiger partial charge < -0.3 is 5.32 Å². The van der Waals surface area contributed by atoms with Gasteiger partial charge in [0.2, 0.25) is 0 Å². The Bertz CT molecular complexity index is 467. The zero-order valence-corrected chi connectivity index (χ0v) is 12.5. The second-order valence-electron chi connectivity index (χ2n) is 6.44. The molecule has 0 bridgehead atoms. The van der Waals surface area contributed by atoms with Gasteiger partial charge in [-0.25, -0.2) is 0 Å². The SMILES string of the molecule is CCCC1(C(=O)c2ccc(C3CCC3)cc2)CCCN1. The molecule has 1 aromatic rings. The first-order valence-electron chi connectivity index (χ1n) is 8.15. The predicted molar refractivity (Wildman–Crippen MR) is 82.2 cm³/mol. The molecule has 1 aliphatic carbocycles. The van der Waals surface area contributed by atoms with Gasteiger partial charge in [-0.3, -0.25) is 4.79 Å². The number of carbonyl (C=O) groups excluding carboxylic acids is 1. The van der Waals surface area contributed by atoms with Crippen LogP contribution in [-0.4, -0.2) is 17.9 Å². The van der Waals surface area contributed by atoms with Gasteiger partial charge >= 0.3 is 0 Å². The number of benzene rings is 1. The lowest BCUT2D eigenvalue weighted by atomic mass is 9.79. The van der Waals surface area contributed by atoms with Crippen molar-refractivity contribution < 1.29 is 4.79 Å². The second kappa shape index (κ2) is 5.69. The van der Waals surface area contributed by atoms with Crippen LogP contribution in [0.25, 0.3) is 0 Å². The van der Waals surface area contributed by atoms with Crippen LogP contribution >= 0.6 is 0 Å². The van der Waals surface area contributed by atoms with Crippen LogP contribution in [0.3, 0.4) is 0 Å². The van der Waals surface area contributed by atoms with Gasteiger partial charge in [-0.1, -0.05) is 44.0 Å². The van der Waals surface area contributed by atoms with Gasteiger partial charge in [0.25, 0.3) is 0 Å². The number of ketones is 1. The van der Waals surface area contributed by atoms with E-state index in [1.54, 1.807) is 0 Å². The molecule has 0 aromatic heterocycles. The molecule has 108 valence electrons. The molecule has 1 saturated carbocycles. The lowest BCUT2D eigenvalue weighted by molar-refractivity contribution is 0.0857. The molecule has 1 saturated heterocycles. The van der Waals surface area contributed by atoms with Crippen molar-refractivity contribution in [3.63, 3.8) is 0 Å². The predicted octanol–water partition coefficient (Wildman–Crippen LogP) is 4.06. The van der Waals surface area contributed by atoms with Crippen molar-refractivity contribution in [3.8, 4) is 0 Å². The maximum absolute atomic E-state index is 12.9. The molecule has 1 unspecified atom stereocenters. The van der Waals surface area contributed by atoms with E-state index in [0.717, 1.165) is 43.7 Å². The monoisotopic (exact) mass is 271 g/mol. The third kappa shape index (κ3) is 2.42. The van der Waals surface area contributed by atoms with Gasteiger partial charge in [-0.15, -0.1) is 0 Å². The molecule has 2 nitrogen and oxygen atoms in total. The van der Waals surface area contributed by atoms with Gasteiger partial charge in [0.1, 0.15) is 0 Å². The summed E-state index contributed by atoms with van der Waals surface area (Å²) in [6.45, 7) is 3.14. The van der Waals surface area contributed by atoms with E-state index in [-0.39, 0.29) is 5.54 Å². The Morgan fingerprint density at radius 1 is 1.25 bits per heavy atom. The Kier molecular flexibility index (Phi) is 3.93. The molecule has 1 N–H and O–H groups in total. The van der Waals surface area contributed by atoms with Crippen LogP contribution in [0.15, 0.2) is 24.3 Å². The molecule has 0 amide bonds. The Morgan fingerprint density at radius 3 is 2.50 bits per heavy atom. The molecule has 1 atom stereocenters. The number of hydrogen-bond donors (Lipinski definition) is 1. The number of Topliss-reactive ketones (excluding diaryl/α,β-unsaturated/α-hetero) is 1. The van der Waals surface area contributed by atoms with Crippen molar-refractivity contribution in [2.45, 2.75) is 63.3 Å². The van der Waals surface area contributed by atoms with Crippen LogP contribution in [0.1, 0.15) is 73.7 Å². The van der Waals surface area contributed by atoms with E-state index in [9.17, 15) is 4.79 Å². The molecular formula is C18H25NO. The van der Waals surface area contributed by atoms with E-state index >= 15 is 0 Å². The maximum atomic E-state index is 12.9. The highest BCUT2D eigenvalue weighted by atomic mass is 16.1. The highest BCUT2D eigenvalue weighted by molar-refractivity contribution is 6.03. The van der Waals surface area contributed by atoms with E-state index in [1.807, 2.05) is 12.1 Å². The van der Waals surface area contributed by atoms with E-state index in [4.69, 9.17) is 0 Å². The van der Waals surface area contributed by atoms with Gasteiger partial charge in [0.15, 0.2) is 5.78 Å². The Balaban J connectivity index is 1.78. The van der Waals surface area contributed by atoms with E-state index < -0.39 is 0 Å². The Morgan fingerprint density at radius 2 is 2.00 bits per heavy atom. The zero-order valence-electron chi connectivity index (χ0n) is 12.5. The summed E-state index contributed by atoms with van der Waals surface area (Å²) in [5, 5.41) is 3.48. The second-order valence-corrected chi connectivity index (χ2v) is 6.44. The number of carbonyl (C=O) groups is 1. The van der Waals surface area contributed by atoms with Crippen LogP contribution in [0.5, 0.6) is 0 Å². The molecule has 2 aliphatic rings. The summed E-state index contributed by atoms with van der Waals surface area (Å²) in [4.78, 5) is 12.9. The standard InChI is InChI=1S/C18H25NO/c1-2-11-18(12-4-13-19-18)17(20)16-9-7-15(8-10-16)14-5-3-6-14/h7-10,14,19H,2-6,11-13H2,1H3. The van der Waals surface area contributed by atoms with Crippen LogP contribution in [0, 0.1) is 0 Å². The number of nitrogens with one attached hydrogen (secondary N) is 1. The zero-order chi connectivity index (χ0) is 14.0. The first-order chi connectivity index (χ1) is 9.75. The van der Waals surface area contributed by atoms with E-state index in [1.165, 1.54) is 24.8 Å². The maximum Gasteiger partial charge on any atom is 0.182 e. The molecular weight excluding hydrogens is 246 g/mol. The lowest BCUT2D eigenvalue weighted by Crippen LogP contribution is -2.47. The van der Waals surface area contributed by atoms with Gasteiger partial charge in [-0.2, -0.15) is 0 Å². The molecule has 3 rings (SSSR count). The largest absolute Gasteiger partial charge is 0.305 e. The van der Waals surface area contributed by atoms with E-state index in [0.29, 0.717) is 5.78 Å². The fourth-order valence-electron chi connectivity index (χ4n) is 3.68. The molecule has 0 radical (unpaired) electrons. The minimum atomic E-state index is -0.285.